The average Bonchev–Trinajstić information content (AvgIpc) is 2.94. The van der Waals surface area contributed by atoms with Crippen LogP contribution in [0.2, 0.25) is 0 Å². The van der Waals surface area contributed by atoms with Crippen LogP contribution < -0.4 is 19.6 Å². The van der Waals surface area contributed by atoms with Crippen LogP contribution >= 0.6 is 0 Å². The van der Waals surface area contributed by atoms with Gasteiger partial charge in [0, 0.05) is 90.0 Å². The molecule has 1 aliphatic carbocycles. The molecule has 4 aromatic carbocycles. The number of hydrogen-bond donors (Lipinski definition) is 0. The molecule has 0 heterocycles. The highest BCUT2D eigenvalue weighted by Crippen LogP contribution is 2.65. The molecular formula is C36H44N4. The average molecular weight is 533 g/mol. The van der Waals surface area contributed by atoms with Crippen molar-refractivity contribution in [3.8, 4) is 0 Å². The zero-order valence-electron chi connectivity index (χ0n) is 25.4. The first-order valence-electron chi connectivity index (χ1n) is 14.2. The molecule has 40 heavy (non-hydrogen) atoms. The molecule has 4 heteroatoms. The summed E-state index contributed by atoms with van der Waals surface area (Å²) in [6.07, 6.45) is 2.17. The van der Waals surface area contributed by atoms with Crippen molar-refractivity contribution in [1.82, 2.24) is 0 Å². The van der Waals surface area contributed by atoms with Gasteiger partial charge >= 0.3 is 0 Å². The van der Waals surface area contributed by atoms with Crippen molar-refractivity contribution < 1.29 is 0 Å². The van der Waals surface area contributed by atoms with Crippen LogP contribution in [0.25, 0.3) is 0 Å². The Morgan fingerprint density at radius 2 is 0.500 bits per heavy atom. The second kappa shape index (κ2) is 10.6. The molecule has 1 saturated carbocycles. The van der Waals surface area contributed by atoms with Crippen molar-refractivity contribution in [3.05, 3.63) is 119 Å². The van der Waals surface area contributed by atoms with Gasteiger partial charge in [-0.25, -0.2) is 0 Å². The standard InChI is InChI=1S/C36H44N4/c1-37(2)31-17-9-27(10-18-31)35(28-11-19-32(20-12-28)38(3)4)25-26-36(35,29-13-21-33(22-14-29)39(5)6)30-15-23-34(24-16-30)40(7)8/h9-24H,25-26H2,1-8H3. The van der Waals surface area contributed by atoms with Gasteiger partial charge in [-0.15, -0.1) is 0 Å². The lowest BCUT2D eigenvalue weighted by molar-refractivity contribution is 0.151. The Morgan fingerprint density at radius 1 is 0.325 bits per heavy atom. The highest BCUT2D eigenvalue weighted by atomic mass is 15.1. The lowest BCUT2D eigenvalue weighted by atomic mass is 9.40. The quantitative estimate of drug-likeness (QED) is 0.242. The van der Waals surface area contributed by atoms with E-state index in [0.29, 0.717) is 0 Å². The van der Waals surface area contributed by atoms with E-state index in [-0.39, 0.29) is 10.8 Å². The summed E-state index contributed by atoms with van der Waals surface area (Å²) in [5.74, 6) is 0. The van der Waals surface area contributed by atoms with E-state index >= 15 is 0 Å². The fourth-order valence-corrected chi connectivity index (χ4v) is 6.70. The monoisotopic (exact) mass is 532 g/mol. The minimum Gasteiger partial charge on any atom is -0.378 e. The third-order valence-electron chi connectivity index (χ3n) is 9.11. The molecule has 4 nitrogen and oxygen atoms in total. The summed E-state index contributed by atoms with van der Waals surface area (Å²) in [6.45, 7) is 0. The molecule has 1 fully saturated rings. The maximum atomic E-state index is 2.37. The van der Waals surface area contributed by atoms with E-state index in [4.69, 9.17) is 0 Å². The third-order valence-corrected chi connectivity index (χ3v) is 9.11. The predicted molar refractivity (Wildman–Crippen MR) is 174 cm³/mol. The van der Waals surface area contributed by atoms with E-state index in [0.717, 1.165) is 12.8 Å². The molecule has 0 spiro atoms. The second-order valence-corrected chi connectivity index (χ2v) is 12.1. The fourth-order valence-electron chi connectivity index (χ4n) is 6.70. The summed E-state index contributed by atoms with van der Waals surface area (Å²) < 4.78 is 0. The Bertz CT molecular complexity index is 1200. The number of hydrogen-bond acceptors (Lipinski definition) is 4. The van der Waals surface area contributed by atoms with Crippen LogP contribution in [0.1, 0.15) is 35.1 Å². The highest BCUT2D eigenvalue weighted by Gasteiger charge is 2.62. The normalized spacial score (nSPS) is 15.2. The molecular weight excluding hydrogens is 488 g/mol. The molecule has 0 aliphatic heterocycles. The number of anilines is 4. The topological polar surface area (TPSA) is 13.0 Å². The molecule has 0 amide bonds. The molecule has 0 bridgehead atoms. The second-order valence-electron chi connectivity index (χ2n) is 12.1. The summed E-state index contributed by atoms with van der Waals surface area (Å²) in [7, 11) is 16.9. The van der Waals surface area contributed by atoms with Crippen molar-refractivity contribution in [2.45, 2.75) is 23.7 Å². The van der Waals surface area contributed by atoms with E-state index in [1.165, 1.54) is 45.0 Å². The van der Waals surface area contributed by atoms with Crippen LogP contribution in [0.15, 0.2) is 97.1 Å². The molecule has 0 unspecified atom stereocenters. The molecule has 0 atom stereocenters. The zero-order chi connectivity index (χ0) is 28.7. The van der Waals surface area contributed by atoms with Crippen LogP contribution in [0.4, 0.5) is 22.7 Å². The van der Waals surface area contributed by atoms with Gasteiger partial charge in [0.05, 0.1) is 0 Å². The molecule has 4 aromatic rings. The van der Waals surface area contributed by atoms with Gasteiger partial charge in [-0.2, -0.15) is 0 Å². The minimum absolute atomic E-state index is 0.206. The van der Waals surface area contributed by atoms with Gasteiger partial charge in [-0.1, -0.05) is 48.5 Å². The summed E-state index contributed by atoms with van der Waals surface area (Å²) in [5, 5.41) is 0. The molecule has 1 aliphatic rings. The van der Waals surface area contributed by atoms with Gasteiger partial charge in [0.1, 0.15) is 0 Å². The van der Waals surface area contributed by atoms with Crippen molar-refractivity contribution in [1.29, 1.82) is 0 Å². The van der Waals surface area contributed by atoms with Crippen LogP contribution in [0.3, 0.4) is 0 Å². The van der Waals surface area contributed by atoms with Crippen LogP contribution in [0.5, 0.6) is 0 Å². The van der Waals surface area contributed by atoms with E-state index in [9.17, 15) is 0 Å². The summed E-state index contributed by atoms with van der Waals surface area (Å²) in [5.41, 5.74) is 9.95. The molecule has 5 rings (SSSR count). The van der Waals surface area contributed by atoms with E-state index in [1.807, 2.05) is 0 Å². The Kier molecular flexibility index (Phi) is 7.31. The van der Waals surface area contributed by atoms with Gasteiger partial charge in [0.15, 0.2) is 0 Å². The maximum absolute atomic E-state index is 2.37. The Morgan fingerprint density at radius 3 is 0.625 bits per heavy atom. The largest absolute Gasteiger partial charge is 0.378 e. The molecule has 0 N–H and O–H groups in total. The molecule has 208 valence electrons. The number of nitrogens with zero attached hydrogens (tertiary/aromatic N) is 4. The zero-order valence-corrected chi connectivity index (χ0v) is 25.4. The number of rotatable bonds is 8. The third kappa shape index (κ3) is 4.40. The predicted octanol–water partition coefficient (Wildman–Crippen LogP) is 7.02. The van der Waals surface area contributed by atoms with Crippen molar-refractivity contribution >= 4 is 22.7 Å². The summed E-state index contributed by atoms with van der Waals surface area (Å²) in [4.78, 5) is 8.71. The van der Waals surface area contributed by atoms with Gasteiger partial charge in [-0.3, -0.25) is 0 Å². The summed E-state index contributed by atoms with van der Waals surface area (Å²) in [6, 6.07) is 37.1. The van der Waals surface area contributed by atoms with Crippen LogP contribution in [-0.4, -0.2) is 56.4 Å². The highest BCUT2D eigenvalue weighted by molar-refractivity contribution is 5.64. The van der Waals surface area contributed by atoms with E-state index in [2.05, 4.69) is 173 Å². The Labute approximate surface area is 241 Å². The minimum atomic E-state index is -0.206. The number of benzene rings is 4. The van der Waals surface area contributed by atoms with Gasteiger partial charge in [0.25, 0.3) is 0 Å². The van der Waals surface area contributed by atoms with Gasteiger partial charge in [0.2, 0.25) is 0 Å². The first kappa shape index (κ1) is 27.6. The Hall–Kier alpha value is -3.92. The van der Waals surface area contributed by atoms with E-state index < -0.39 is 0 Å². The maximum Gasteiger partial charge on any atom is 0.0361 e. The van der Waals surface area contributed by atoms with Crippen molar-refractivity contribution in [3.63, 3.8) is 0 Å². The summed E-state index contributed by atoms with van der Waals surface area (Å²) >= 11 is 0. The van der Waals surface area contributed by atoms with Crippen molar-refractivity contribution in [2.75, 3.05) is 76.0 Å². The lowest BCUT2D eigenvalue weighted by Gasteiger charge is -2.61. The first-order chi connectivity index (χ1) is 19.1. The van der Waals surface area contributed by atoms with Crippen LogP contribution in [0, 0.1) is 0 Å². The first-order valence-corrected chi connectivity index (χ1v) is 14.2. The van der Waals surface area contributed by atoms with E-state index in [1.54, 1.807) is 0 Å². The molecule has 0 saturated heterocycles. The molecule has 0 aromatic heterocycles. The fraction of sp³-hybridized carbons (Fsp3) is 0.333. The molecule has 0 radical (unpaired) electrons. The Balaban J connectivity index is 1.79. The SMILES string of the molecule is CN(C)c1ccc(C2(c3ccc(N(C)C)cc3)CCC2(c2ccc(N(C)C)cc2)c2ccc(N(C)C)cc2)cc1. The van der Waals surface area contributed by atoms with Crippen LogP contribution in [-0.2, 0) is 10.8 Å². The lowest BCUT2D eigenvalue weighted by Crippen LogP contribution is -2.59. The van der Waals surface area contributed by atoms with Gasteiger partial charge in [-0.05, 0) is 83.6 Å². The smallest absolute Gasteiger partial charge is 0.0361 e. The van der Waals surface area contributed by atoms with Gasteiger partial charge < -0.3 is 19.6 Å². The van der Waals surface area contributed by atoms with Crippen molar-refractivity contribution in [2.24, 2.45) is 0 Å².